The summed E-state index contributed by atoms with van der Waals surface area (Å²) < 4.78 is 11.4. The van der Waals surface area contributed by atoms with E-state index in [1.165, 1.54) is 44.9 Å². The fourth-order valence-electron chi connectivity index (χ4n) is 4.67. The molecule has 182 valence electrons. The number of unbranched alkanes of at least 4 members (excludes halogenated alkanes) is 2. The first-order chi connectivity index (χ1) is 15.0. The van der Waals surface area contributed by atoms with Crippen molar-refractivity contribution < 1.29 is 19.1 Å². The van der Waals surface area contributed by atoms with E-state index in [9.17, 15) is 9.59 Å². The Morgan fingerprint density at radius 1 is 0.806 bits per heavy atom. The summed E-state index contributed by atoms with van der Waals surface area (Å²) in [5.41, 5.74) is 0. The molecule has 3 atom stereocenters. The van der Waals surface area contributed by atoms with E-state index in [1.54, 1.807) is 0 Å². The van der Waals surface area contributed by atoms with Crippen LogP contribution in [-0.2, 0) is 19.1 Å². The van der Waals surface area contributed by atoms with E-state index < -0.39 is 0 Å². The molecule has 1 rings (SSSR count). The van der Waals surface area contributed by atoms with Crippen molar-refractivity contribution in [3.8, 4) is 0 Å². The van der Waals surface area contributed by atoms with Gasteiger partial charge in [-0.25, -0.2) is 0 Å². The van der Waals surface area contributed by atoms with E-state index >= 15 is 0 Å². The van der Waals surface area contributed by atoms with Gasteiger partial charge in [-0.3, -0.25) is 9.59 Å². The van der Waals surface area contributed by atoms with Crippen LogP contribution in [0, 0.1) is 23.7 Å². The van der Waals surface area contributed by atoms with Gasteiger partial charge in [-0.05, 0) is 37.0 Å². The third kappa shape index (κ3) is 12.5. The van der Waals surface area contributed by atoms with Gasteiger partial charge >= 0.3 is 11.9 Å². The molecule has 0 amide bonds. The second-order valence-corrected chi connectivity index (χ2v) is 9.79. The second kappa shape index (κ2) is 17.5. The highest BCUT2D eigenvalue weighted by molar-refractivity contribution is 5.80. The maximum atomic E-state index is 13.0. The van der Waals surface area contributed by atoms with Gasteiger partial charge in [0.15, 0.2) is 0 Å². The standard InChI is InChI=1S/C27H50O4/c1-5-9-14-22(7-3)20-30-26(28)19-25(18-24-16-12-11-13-17-24)27(29)31-21-23(8-4)15-10-6-2/h22-25H,5-21H2,1-4H3. The molecule has 0 aromatic carbocycles. The van der Waals surface area contributed by atoms with Gasteiger partial charge in [0.2, 0.25) is 0 Å². The largest absolute Gasteiger partial charge is 0.465 e. The lowest BCUT2D eigenvalue weighted by Crippen LogP contribution is -2.27. The molecule has 1 aliphatic carbocycles. The van der Waals surface area contributed by atoms with Gasteiger partial charge in [-0.15, -0.1) is 0 Å². The Hall–Kier alpha value is -1.06. The molecular formula is C27H50O4. The maximum Gasteiger partial charge on any atom is 0.309 e. The molecule has 0 saturated heterocycles. The van der Waals surface area contributed by atoms with Crippen molar-refractivity contribution in [2.45, 2.75) is 124 Å². The molecular weight excluding hydrogens is 388 g/mol. The molecule has 4 heteroatoms. The second-order valence-electron chi connectivity index (χ2n) is 9.79. The number of carbonyl (C=O) groups excluding carboxylic acids is 2. The van der Waals surface area contributed by atoms with Crippen LogP contribution in [-0.4, -0.2) is 25.2 Å². The van der Waals surface area contributed by atoms with Crippen molar-refractivity contribution in [2.24, 2.45) is 23.7 Å². The first-order valence-corrected chi connectivity index (χ1v) is 13.4. The molecule has 1 aliphatic rings. The van der Waals surface area contributed by atoms with E-state index in [1.807, 2.05) is 0 Å². The maximum absolute atomic E-state index is 13.0. The van der Waals surface area contributed by atoms with Gasteiger partial charge < -0.3 is 9.47 Å². The Morgan fingerprint density at radius 2 is 1.35 bits per heavy atom. The lowest BCUT2D eigenvalue weighted by atomic mass is 9.82. The smallest absolute Gasteiger partial charge is 0.309 e. The highest BCUT2D eigenvalue weighted by Gasteiger charge is 2.29. The van der Waals surface area contributed by atoms with E-state index in [2.05, 4.69) is 27.7 Å². The van der Waals surface area contributed by atoms with Crippen molar-refractivity contribution in [3.63, 3.8) is 0 Å². The van der Waals surface area contributed by atoms with Crippen LogP contribution in [0.15, 0.2) is 0 Å². The van der Waals surface area contributed by atoms with Crippen LogP contribution in [0.3, 0.4) is 0 Å². The summed E-state index contributed by atoms with van der Waals surface area (Å²) in [6, 6.07) is 0. The summed E-state index contributed by atoms with van der Waals surface area (Å²) in [4.78, 5) is 25.6. The summed E-state index contributed by atoms with van der Waals surface area (Å²) >= 11 is 0. The van der Waals surface area contributed by atoms with E-state index in [-0.39, 0.29) is 24.3 Å². The lowest BCUT2D eigenvalue weighted by Gasteiger charge is -2.26. The zero-order valence-electron chi connectivity index (χ0n) is 21.0. The number of esters is 2. The topological polar surface area (TPSA) is 52.6 Å². The molecule has 4 nitrogen and oxygen atoms in total. The molecule has 31 heavy (non-hydrogen) atoms. The van der Waals surface area contributed by atoms with Gasteiger partial charge in [0, 0.05) is 0 Å². The van der Waals surface area contributed by atoms with Crippen molar-refractivity contribution in [1.29, 1.82) is 0 Å². The summed E-state index contributed by atoms with van der Waals surface area (Å²) in [5.74, 6) is 0.622. The molecule has 0 bridgehead atoms. The summed E-state index contributed by atoms with van der Waals surface area (Å²) in [5, 5.41) is 0. The minimum absolute atomic E-state index is 0.172. The molecule has 0 aromatic heterocycles. The van der Waals surface area contributed by atoms with Crippen molar-refractivity contribution in [2.75, 3.05) is 13.2 Å². The third-order valence-corrected chi connectivity index (χ3v) is 7.12. The Bertz CT molecular complexity index is 470. The first kappa shape index (κ1) is 28.0. The van der Waals surface area contributed by atoms with Crippen LogP contribution in [0.1, 0.15) is 124 Å². The summed E-state index contributed by atoms with van der Waals surface area (Å²) in [7, 11) is 0. The minimum Gasteiger partial charge on any atom is -0.465 e. The summed E-state index contributed by atoms with van der Waals surface area (Å²) in [6.45, 7) is 9.66. The Balaban J connectivity index is 2.60. The van der Waals surface area contributed by atoms with Gasteiger partial charge in [0.25, 0.3) is 0 Å². The van der Waals surface area contributed by atoms with Crippen LogP contribution in [0.2, 0.25) is 0 Å². The van der Waals surface area contributed by atoms with Gasteiger partial charge in [0.05, 0.1) is 25.6 Å². The highest BCUT2D eigenvalue weighted by atomic mass is 16.5. The zero-order chi connectivity index (χ0) is 22.9. The molecule has 0 spiro atoms. The molecule has 3 unspecified atom stereocenters. The van der Waals surface area contributed by atoms with Crippen molar-refractivity contribution in [1.82, 2.24) is 0 Å². The number of hydrogen-bond donors (Lipinski definition) is 0. The first-order valence-electron chi connectivity index (χ1n) is 13.4. The van der Waals surface area contributed by atoms with Crippen LogP contribution < -0.4 is 0 Å². The average Bonchev–Trinajstić information content (AvgIpc) is 2.79. The number of carbonyl (C=O) groups is 2. The number of hydrogen-bond acceptors (Lipinski definition) is 4. The Morgan fingerprint density at radius 3 is 1.87 bits per heavy atom. The van der Waals surface area contributed by atoms with Gasteiger partial charge in [0.1, 0.15) is 0 Å². The van der Waals surface area contributed by atoms with E-state index in [4.69, 9.17) is 9.47 Å². The fraction of sp³-hybridized carbons (Fsp3) is 0.926. The van der Waals surface area contributed by atoms with Crippen molar-refractivity contribution >= 4 is 11.9 Å². The van der Waals surface area contributed by atoms with E-state index in [0.29, 0.717) is 31.0 Å². The number of ether oxygens (including phenoxy) is 2. The fourth-order valence-corrected chi connectivity index (χ4v) is 4.67. The van der Waals surface area contributed by atoms with Crippen LogP contribution in [0.5, 0.6) is 0 Å². The molecule has 0 aromatic rings. The van der Waals surface area contributed by atoms with Crippen LogP contribution in [0.4, 0.5) is 0 Å². The summed E-state index contributed by atoms with van der Waals surface area (Å²) in [6.07, 6.45) is 16.0. The molecule has 0 heterocycles. The Labute approximate surface area is 192 Å². The predicted molar refractivity (Wildman–Crippen MR) is 128 cm³/mol. The quantitative estimate of drug-likeness (QED) is 0.221. The Kier molecular flexibility index (Phi) is 15.8. The molecule has 0 aliphatic heterocycles. The SMILES string of the molecule is CCCCC(CC)COC(=O)CC(CC1CCCCC1)C(=O)OCC(CC)CCCC. The van der Waals surface area contributed by atoms with Crippen LogP contribution in [0.25, 0.3) is 0 Å². The van der Waals surface area contributed by atoms with Gasteiger partial charge in [-0.1, -0.05) is 98.3 Å². The van der Waals surface area contributed by atoms with Crippen LogP contribution >= 0.6 is 0 Å². The third-order valence-electron chi connectivity index (χ3n) is 7.12. The monoisotopic (exact) mass is 438 g/mol. The number of rotatable bonds is 17. The van der Waals surface area contributed by atoms with E-state index in [0.717, 1.165) is 44.9 Å². The zero-order valence-corrected chi connectivity index (χ0v) is 21.0. The van der Waals surface area contributed by atoms with Crippen molar-refractivity contribution in [3.05, 3.63) is 0 Å². The predicted octanol–water partition coefficient (Wildman–Crippen LogP) is 7.48. The molecule has 1 fully saturated rings. The molecule has 0 N–H and O–H groups in total. The normalized spacial score (nSPS) is 17.7. The lowest BCUT2D eigenvalue weighted by molar-refractivity contribution is -0.157. The van der Waals surface area contributed by atoms with Gasteiger partial charge in [-0.2, -0.15) is 0 Å². The molecule has 0 radical (unpaired) electrons. The molecule has 1 saturated carbocycles. The highest BCUT2D eigenvalue weighted by Crippen LogP contribution is 2.31. The minimum atomic E-state index is -0.352. The average molecular weight is 439 g/mol.